The number of aromatic nitrogens is 17. The summed E-state index contributed by atoms with van der Waals surface area (Å²) in [5.41, 5.74) is 18.4. The van der Waals surface area contributed by atoms with Crippen LogP contribution in [-0.4, -0.2) is 143 Å². The van der Waals surface area contributed by atoms with Crippen molar-refractivity contribution in [1.29, 1.82) is 0 Å². The molecule has 2 saturated carbocycles. The summed E-state index contributed by atoms with van der Waals surface area (Å²) in [6.07, 6.45) is 14.2. The molecule has 10 aromatic carbocycles. The highest BCUT2D eigenvalue weighted by molar-refractivity contribution is 7.92. The number of imidazole rings is 1. The molecule has 7 heterocycles. The fraction of sp³-hybridized carbons (Fsp3) is 0.250. The highest BCUT2D eigenvalue weighted by atomic mass is 35.5. The number of carbonyl (C=O) groups is 1. The van der Waals surface area contributed by atoms with Crippen LogP contribution in [0.25, 0.3) is 22.4 Å². The topological polar surface area (TPSA) is 325 Å². The number of fused-ring (bicyclic) bond motifs is 2. The first-order valence-corrected chi connectivity index (χ1v) is 44.2. The second kappa shape index (κ2) is 40.3. The van der Waals surface area contributed by atoms with E-state index in [4.69, 9.17) is 21.3 Å². The molecular formula is C96H105ClN26O4S. The lowest BCUT2D eigenvalue weighted by Gasteiger charge is -2.28. The molecule has 3 aliphatic rings. The molecule has 6 aromatic heterocycles. The first-order valence-electron chi connectivity index (χ1n) is 42.4. The maximum absolute atomic E-state index is 13.2. The maximum atomic E-state index is 13.2. The number of hydrogen-bond acceptors (Lipinski definition) is 22. The number of nitrogens with one attached hydrogen (secondary N) is 7. The Kier molecular flexibility index (Phi) is 27.8. The molecule has 0 saturated heterocycles. The molecule has 1 aliphatic heterocycles. The molecule has 0 bridgehead atoms. The Hall–Kier alpha value is -14.4. The molecule has 2 aliphatic carbocycles. The molecule has 128 heavy (non-hydrogen) atoms. The van der Waals surface area contributed by atoms with Gasteiger partial charge < -0.3 is 46.1 Å². The Morgan fingerprint density at radius 2 is 1.16 bits per heavy atom. The zero-order chi connectivity index (χ0) is 89.4. The van der Waals surface area contributed by atoms with Crippen molar-refractivity contribution in [1.82, 2.24) is 93.6 Å². The van der Waals surface area contributed by atoms with E-state index in [2.05, 4.69) is 174 Å². The number of halogens is 1. The number of hydrogen-bond donors (Lipinski definition) is 7. The smallest absolute Gasteiger partial charge is 0.264 e. The minimum absolute atomic E-state index is 0.199. The van der Waals surface area contributed by atoms with Crippen molar-refractivity contribution in [3.8, 4) is 17.1 Å². The van der Waals surface area contributed by atoms with Crippen LogP contribution in [0.15, 0.2) is 267 Å². The lowest BCUT2D eigenvalue weighted by molar-refractivity contribution is 0.102. The highest BCUT2D eigenvalue weighted by Crippen LogP contribution is 2.39. The van der Waals surface area contributed by atoms with Crippen LogP contribution in [0.1, 0.15) is 113 Å². The van der Waals surface area contributed by atoms with E-state index in [9.17, 15) is 13.2 Å². The number of benzene rings is 10. The number of para-hydroxylation sites is 4. The Labute approximate surface area is 750 Å². The van der Waals surface area contributed by atoms with Gasteiger partial charge in [0.15, 0.2) is 0 Å². The van der Waals surface area contributed by atoms with Crippen LogP contribution in [0.2, 0.25) is 5.02 Å². The van der Waals surface area contributed by atoms with Gasteiger partial charge in [0.1, 0.15) is 48.8 Å². The van der Waals surface area contributed by atoms with Crippen molar-refractivity contribution in [2.24, 2.45) is 7.05 Å². The van der Waals surface area contributed by atoms with Crippen LogP contribution in [0.5, 0.6) is 5.75 Å². The number of aromatic amines is 1. The van der Waals surface area contributed by atoms with Crippen LogP contribution < -0.4 is 40.9 Å². The normalized spacial score (nSPS) is 12.9. The lowest BCUT2D eigenvalue weighted by atomic mass is 9.97. The van der Waals surface area contributed by atoms with Crippen molar-refractivity contribution >= 4 is 108 Å². The number of amides is 1. The predicted molar refractivity (Wildman–Crippen MR) is 506 cm³/mol. The van der Waals surface area contributed by atoms with Crippen LogP contribution >= 0.6 is 11.6 Å². The van der Waals surface area contributed by atoms with Gasteiger partial charge in [-0.25, -0.2) is 52.4 Å². The fourth-order valence-electron chi connectivity index (χ4n) is 14.3. The summed E-state index contributed by atoms with van der Waals surface area (Å²) in [6.45, 7) is 16.1. The largest absolute Gasteiger partial charge is 0.483 e. The van der Waals surface area contributed by atoms with Crippen LogP contribution in [0.3, 0.4) is 0 Å². The van der Waals surface area contributed by atoms with Gasteiger partial charge >= 0.3 is 0 Å². The molecule has 2 fully saturated rings. The van der Waals surface area contributed by atoms with Gasteiger partial charge in [-0.2, -0.15) is 0 Å². The van der Waals surface area contributed by atoms with Gasteiger partial charge in [-0.05, 0) is 255 Å². The lowest BCUT2D eigenvalue weighted by Crippen LogP contribution is -2.27. The Morgan fingerprint density at radius 3 is 1.85 bits per heavy atom. The average molecular weight is 1750 g/mol. The third-order valence-corrected chi connectivity index (χ3v) is 23.6. The average Bonchev–Trinajstić information content (AvgIpc) is 0.814. The molecule has 0 unspecified atom stereocenters. The molecule has 19 rings (SSSR count). The number of carbonyl (C=O) groups excluding carboxylic acids is 1. The summed E-state index contributed by atoms with van der Waals surface area (Å²) >= 11 is 6.06. The van der Waals surface area contributed by atoms with E-state index >= 15 is 0 Å². The van der Waals surface area contributed by atoms with Gasteiger partial charge in [0.05, 0.1) is 40.2 Å². The van der Waals surface area contributed by atoms with Crippen molar-refractivity contribution in [3.05, 3.63) is 317 Å². The number of sulfonamides is 1. The minimum atomic E-state index is -3.70. The van der Waals surface area contributed by atoms with E-state index < -0.39 is 15.6 Å². The second-order valence-corrected chi connectivity index (χ2v) is 34.9. The zero-order valence-corrected chi connectivity index (χ0v) is 75.0. The summed E-state index contributed by atoms with van der Waals surface area (Å²) in [7, 11) is 5.99. The minimum Gasteiger partial charge on any atom is -0.483 e. The third-order valence-electron chi connectivity index (χ3n) is 21.6. The highest BCUT2D eigenvalue weighted by Gasteiger charge is 2.29. The molecular weight excluding hydrogens is 1650 g/mol. The second-order valence-electron chi connectivity index (χ2n) is 32.5. The molecule has 1 amide bonds. The van der Waals surface area contributed by atoms with Crippen LogP contribution in [-0.2, 0) is 55.3 Å². The number of H-pyrrole nitrogens is 1. The number of aryl methyl sites for hydroxylation is 4. The molecule has 16 aromatic rings. The fourth-order valence-corrected chi connectivity index (χ4v) is 15.8. The van der Waals surface area contributed by atoms with Crippen LogP contribution in [0.4, 0.5) is 69.6 Å². The summed E-state index contributed by atoms with van der Waals surface area (Å²) in [6, 6.07) is 75.3. The van der Waals surface area contributed by atoms with E-state index in [-0.39, 0.29) is 10.8 Å². The number of nitrogens with zero attached hydrogens (tertiary/aromatic N) is 19. The van der Waals surface area contributed by atoms with Crippen molar-refractivity contribution in [3.63, 3.8) is 0 Å². The van der Waals surface area contributed by atoms with Gasteiger partial charge in [0, 0.05) is 90.5 Å². The Morgan fingerprint density at radius 1 is 0.555 bits per heavy atom. The first kappa shape index (κ1) is 88.5. The number of ether oxygens (including phenoxy) is 1. The molecule has 30 nitrogen and oxygen atoms in total. The summed E-state index contributed by atoms with van der Waals surface area (Å²) in [4.78, 5) is 46.4. The summed E-state index contributed by atoms with van der Waals surface area (Å²) < 4.78 is 42.8. The zero-order valence-electron chi connectivity index (χ0n) is 73.5. The Balaban J connectivity index is 0.000000123. The van der Waals surface area contributed by atoms with E-state index in [1.807, 2.05) is 207 Å². The molecule has 0 radical (unpaired) electrons. The number of anilines is 12. The van der Waals surface area contributed by atoms with Crippen molar-refractivity contribution in [2.75, 3.05) is 70.9 Å². The van der Waals surface area contributed by atoms with E-state index in [0.29, 0.717) is 70.3 Å². The van der Waals surface area contributed by atoms with Gasteiger partial charge in [0.2, 0.25) is 29.7 Å². The molecule has 656 valence electrons. The standard InChI is InChI=1S/C20H21ClN4O.C20H24N6.C20H23N5O2S.C19H21N7.C17H16N4O/c1-20(2,26-18-8-4-6-15(21)12-18)14-5-3-7-16(11-14)23-19-22-13-25(24-19)17-9-10-17;1-3-26-14-21-20(24-26)23-19-12-17(22-16-7-5-4-6-8-16)11-15-9-10-25(2)13-18(15)19;1-14-11-18(28(26,27)24(3)16-7-5-4-6-8-16)12-19(15(14)2)22-20-21-13-25(23-20)17-9-10-17;1-25(2)11-13-8-14(18-22-16-6-4-5-7-17(16)23-18)10-15(9-13)21-19-20-12-26(3)24-19;1-13-7-5-6-10-15(13)16(22)19-17-18-12-21(20-17)11-14-8-3-2-4-9-14/h3-8,11-13,17H,9-10H2,1-2H3,(H,23,24);4-8,11-12,14,22H,3,9-10,13H2,1-2H3,(H,23,24);4-8,11-13,17H,9-10H2,1-3H3,(H,22,23);4-10,12H,11H2,1-3H3,(H,21,24)(H,22,23);2-10,12H,11H2,1H3,(H,19,20,22). The quantitative estimate of drug-likeness (QED) is 0.0265. The molecule has 32 heteroatoms. The van der Waals surface area contributed by atoms with E-state index in [1.54, 1.807) is 78.4 Å². The van der Waals surface area contributed by atoms with Gasteiger partial charge in [0.25, 0.3) is 15.9 Å². The number of rotatable bonds is 26. The molecule has 0 spiro atoms. The summed E-state index contributed by atoms with van der Waals surface area (Å²) in [5, 5.41) is 42.0. The summed E-state index contributed by atoms with van der Waals surface area (Å²) in [5.74, 6) is 4.00. The van der Waals surface area contributed by atoms with Gasteiger partial charge in [-0.1, -0.05) is 127 Å². The molecule has 7 N–H and O–H groups in total. The van der Waals surface area contributed by atoms with Gasteiger partial charge in [-0.15, -0.1) is 25.5 Å². The van der Waals surface area contributed by atoms with Crippen LogP contribution in [0, 0.1) is 20.8 Å². The predicted octanol–water partition coefficient (Wildman–Crippen LogP) is 18.9. The number of likely N-dealkylation sites (N-methyl/N-ethyl adjacent to an activating group) is 1. The van der Waals surface area contributed by atoms with Crippen molar-refractivity contribution < 1.29 is 17.9 Å². The third kappa shape index (κ3) is 23.6. The van der Waals surface area contributed by atoms with E-state index in [1.165, 1.54) is 33.8 Å². The maximum Gasteiger partial charge on any atom is 0.264 e. The molecule has 0 atom stereocenters. The Bertz CT molecular complexity index is 6530. The monoisotopic (exact) mass is 1750 g/mol. The SMILES string of the molecule is CC(C)(Oc1cccc(Cl)c1)c1cccc(Nc2ncn(C3CC3)n2)c1.CCn1cnc(Nc2cc(Nc3ccccc3)cc3c2CN(C)CC3)n1.CN(C)Cc1cc(Nc2ncn(C)n2)cc(-c2nc3ccccc3[nH]2)c1.Cc1cc(S(=O)(=O)N(C)c2ccccc2)cc(Nc2ncn(C3CC3)n2)c1C.Cc1ccccc1C(=O)Nc1ncn(Cc2ccccc2)n1. The first-order chi connectivity index (χ1) is 61.8. The van der Waals surface area contributed by atoms with E-state index in [0.717, 1.165) is 130 Å². The van der Waals surface area contributed by atoms with Gasteiger partial charge in [-0.3, -0.25) is 23.8 Å². The van der Waals surface area contributed by atoms with Crippen molar-refractivity contribution in [2.45, 2.75) is 122 Å².